The largest absolute Gasteiger partial charge is 0.481 e. The summed E-state index contributed by atoms with van der Waals surface area (Å²) in [5.41, 5.74) is 5.96. The van der Waals surface area contributed by atoms with Gasteiger partial charge in [-0.3, -0.25) is 9.59 Å². The van der Waals surface area contributed by atoms with Gasteiger partial charge in [0.05, 0.1) is 12.0 Å². The molecule has 114 valence electrons. The van der Waals surface area contributed by atoms with Crippen LogP contribution in [0.15, 0.2) is 12.3 Å². The van der Waals surface area contributed by atoms with Crippen molar-refractivity contribution in [2.45, 2.75) is 51.0 Å². The topological polar surface area (TPSA) is 105 Å². The van der Waals surface area contributed by atoms with Gasteiger partial charge in [-0.1, -0.05) is 19.3 Å². The number of aromatic nitrogens is 1. The lowest BCUT2D eigenvalue weighted by molar-refractivity contribution is -0.138. The maximum atomic E-state index is 11.6. The molecule has 6 heteroatoms. The van der Waals surface area contributed by atoms with Crippen LogP contribution >= 0.6 is 0 Å². The number of aryl methyl sites for hydroxylation is 1. The van der Waals surface area contributed by atoms with Crippen LogP contribution < -0.4 is 11.1 Å². The monoisotopic (exact) mass is 291 g/mol. The minimum absolute atomic E-state index is 0.0147. The van der Waals surface area contributed by atoms with Crippen molar-refractivity contribution in [3.8, 4) is 0 Å². The number of hydrogen-bond donors (Lipinski definition) is 3. The fourth-order valence-electron chi connectivity index (χ4n) is 3.08. The van der Waals surface area contributed by atoms with Gasteiger partial charge < -0.3 is 16.2 Å². The normalized spacial score (nSPS) is 17.2. The number of nitrogens with zero attached hydrogens (tertiary/aromatic N) is 1. The molecule has 0 aromatic carbocycles. The van der Waals surface area contributed by atoms with E-state index in [1.54, 1.807) is 19.2 Å². The average molecular weight is 291 g/mol. The van der Waals surface area contributed by atoms with Gasteiger partial charge >= 0.3 is 5.97 Å². The average Bonchev–Trinajstić information content (AvgIpc) is 2.38. The highest BCUT2D eigenvalue weighted by atomic mass is 16.4. The van der Waals surface area contributed by atoms with E-state index in [0.29, 0.717) is 11.4 Å². The number of rotatable bonds is 5. The van der Waals surface area contributed by atoms with Gasteiger partial charge in [0, 0.05) is 11.7 Å². The molecule has 1 aliphatic rings. The lowest BCUT2D eigenvalue weighted by Crippen LogP contribution is -2.43. The number of carboxylic acids is 1. The predicted octanol–water partition coefficient (Wildman–Crippen LogP) is 2.08. The molecule has 0 aliphatic heterocycles. The van der Waals surface area contributed by atoms with Crippen molar-refractivity contribution >= 4 is 17.7 Å². The first-order chi connectivity index (χ1) is 9.93. The van der Waals surface area contributed by atoms with Gasteiger partial charge in [-0.15, -0.1) is 0 Å². The van der Waals surface area contributed by atoms with Crippen molar-refractivity contribution in [3.05, 3.63) is 23.4 Å². The minimum Gasteiger partial charge on any atom is -0.481 e. The smallest absolute Gasteiger partial charge is 0.305 e. The molecular formula is C15H21N3O3. The van der Waals surface area contributed by atoms with Crippen LogP contribution in [0.4, 0.5) is 5.82 Å². The molecule has 1 fully saturated rings. The number of pyridine rings is 1. The molecular weight excluding hydrogens is 270 g/mol. The molecule has 0 saturated heterocycles. The van der Waals surface area contributed by atoms with Crippen molar-refractivity contribution in [2.24, 2.45) is 5.73 Å². The number of carbonyl (C=O) groups excluding carboxylic acids is 1. The first-order valence-corrected chi connectivity index (χ1v) is 7.19. The summed E-state index contributed by atoms with van der Waals surface area (Å²) in [7, 11) is 0. The number of primary amides is 1. The van der Waals surface area contributed by atoms with E-state index in [-0.39, 0.29) is 6.42 Å². The van der Waals surface area contributed by atoms with E-state index in [0.717, 1.165) is 37.7 Å². The summed E-state index contributed by atoms with van der Waals surface area (Å²) in [5, 5.41) is 12.4. The van der Waals surface area contributed by atoms with Crippen molar-refractivity contribution in [2.75, 3.05) is 5.32 Å². The number of hydrogen-bond acceptors (Lipinski definition) is 4. The zero-order chi connectivity index (χ0) is 15.5. The molecule has 1 amide bonds. The Balaban J connectivity index is 2.35. The Morgan fingerprint density at radius 1 is 1.38 bits per heavy atom. The Morgan fingerprint density at radius 3 is 2.62 bits per heavy atom. The van der Waals surface area contributed by atoms with Crippen LogP contribution in [0.3, 0.4) is 0 Å². The second-order valence-electron chi connectivity index (χ2n) is 5.75. The molecule has 2 rings (SSSR count). The summed E-state index contributed by atoms with van der Waals surface area (Å²) in [5.74, 6) is -1.01. The van der Waals surface area contributed by atoms with Crippen molar-refractivity contribution < 1.29 is 14.7 Å². The quantitative estimate of drug-likeness (QED) is 0.770. The zero-order valence-electron chi connectivity index (χ0n) is 12.2. The van der Waals surface area contributed by atoms with Crippen molar-refractivity contribution in [3.63, 3.8) is 0 Å². The van der Waals surface area contributed by atoms with Crippen molar-refractivity contribution in [1.82, 2.24) is 4.98 Å². The number of carboxylic acid groups (broad SMARTS) is 1. The van der Waals surface area contributed by atoms with Crippen LogP contribution in [0.2, 0.25) is 0 Å². The number of nitrogens with two attached hydrogens (primary N) is 1. The van der Waals surface area contributed by atoms with Crippen LogP contribution in [0.5, 0.6) is 0 Å². The summed E-state index contributed by atoms with van der Waals surface area (Å²) in [6, 6.07) is 1.72. The molecule has 1 aliphatic carbocycles. The van der Waals surface area contributed by atoms with Crippen LogP contribution in [0.1, 0.15) is 54.4 Å². The molecule has 1 aromatic heterocycles. The SMILES string of the molecule is Cc1ccnc(NC2(CC(=O)O)CCCCC2)c1C(N)=O. The summed E-state index contributed by atoms with van der Waals surface area (Å²) in [4.78, 5) is 27.0. The Bertz CT molecular complexity index is 551. The van der Waals surface area contributed by atoms with E-state index in [4.69, 9.17) is 5.73 Å². The first kappa shape index (κ1) is 15.3. The summed E-state index contributed by atoms with van der Waals surface area (Å²) < 4.78 is 0. The molecule has 0 atom stereocenters. The fraction of sp³-hybridized carbons (Fsp3) is 0.533. The summed E-state index contributed by atoms with van der Waals surface area (Å²) in [6.07, 6.45) is 6.17. The number of anilines is 1. The van der Waals surface area contributed by atoms with Crippen LogP contribution in [-0.2, 0) is 4.79 Å². The van der Waals surface area contributed by atoms with Crippen LogP contribution in [-0.4, -0.2) is 27.5 Å². The van der Waals surface area contributed by atoms with E-state index in [9.17, 15) is 14.7 Å². The van der Waals surface area contributed by atoms with Gasteiger partial charge in [0.25, 0.3) is 5.91 Å². The van der Waals surface area contributed by atoms with E-state index in [1.807, 2.05) is 0 Å². The Labute approximate surface area is 123 Å². The van der Waals surface area contributed by atoms with Crippen LogP contribution in [0, 0.1) is 6.92 Å². The highest BCUT2D eigenvalue weighted by Gasteiger charge is 2.35. The molecule has 21 heavy (non-hydrogen) atoms. The van der Waals surface area contributed by atoms with E-state index in [1.165, 1.54) is 0 Å². The molecule has 0 unspecified atom stereocenters. The van der Waals surface area contributed by atoms with E-state index >= 15 is 0 Å². The predicted molar refractivity (Wildman–Crippen MR) is 79.2 cm³/mol. The second-order valence-corrected chi connectivity index (χ2v) is 5.75. The molecule has 0 spiro atoms. The van der Waals surface area contributed by atoms with Gasteiger partial charge in [-0.05, 0) is 31.4 Å². The third-order valence-corrected chi connectivity index (χ3v) is 4.09. The Kier molecular flexibility index (Phi) is 4.45. The molecule has 1 saturated carbocycles. The lowest BCUT2D eigenvalue weighted by Gasteiger charge is -2.38. The van der Waals surface area contributed by atoms with Gasteiger partial charge in [-0.2, -0.15) is 0 Å². The molecule has 1 aromatic rings. The lowest BCUT2D eigenvalue weighted by atomic mass is 9.79. The number of amides is 1. The third kappa shape index (κ3) is 3.51. The fourth-order valence-corrected chi connectivity index (χ4v) is 3.08. The summed E-state index contributed by atoms with van der Waals surface area (Å²) >= 11 is 0. The molecule has 4 N–H and O–H groups in total. The van der Waals surface area contributed by atoms with Gasteiger partial charge in [-0.25, -0.2) is 4.98 Å². The maximum Gasteiger partial charge on any atom is 0.305 e. The molecule has 0 bridgehead atoms. The molecule has 1 heterocycles. The Morgan fingerprint density at radius 2 is 2.05 bits per heavy atom. The second kappa shape index (κ2) is 6.11. The Hall–Kier alpha value is -2.11. The number of nitrogens with one attached hydrogen (secondary N) is 1. The molecule has 6 nitrogen and oxygen atoms in total. The standard InChI is InChI=1S/C15H21N3O3/c1-10-5-8-17-14(12(10)13(16)21)18-15(9-11(19)20)6-3-2-4-7-15/h5,8H,2-4,6-7,9H2,1H3,(H2,16,21)(H,17,18)(H,19,20). The molecule has 0 radical (unpaired) electrons. The maximum absolute atomic E-state index is 11.6. The van der Waals surface area contributed by atoms with Crippen molar-refractivity contribution in [1.29, 1.82) is 0 Å². The highest BCUT2D eigenvalue weighted by molar-refractivity contribution is 5.99. The number of aliphatic carboxylic acids is 1. The zero-order valence-corrected chi connectivity index (χ0v) is 12.2. The third-order valence-electron chi connectivity index (χ3n) is 4.09. The number of carbonyl (C=O) groups is 2. The van der Waals surface area contributed by atoms with E-state index in [2.05, 4.69) is 10.3 Å². The van der Waals surface area contributed by atoms with Gasteiger partial charge in [0.1, 0.15) is 5.82 Å². The summed E-state index contributed by atoms with van der Waals surface area (Å²) in [6.45, 7) is 1.79. The van der Waals surface area contributed by atoms with Crippen LogP contribution in [0.25, 0.3) is 0 Å². The van der Waals surface area contributed by atoms with Gasteiger partial charge in [0.15, 0.2) is 0 Å². The highest BCUT2D eigenvalue weighted by Crippen LogP contribution is 2.35. The minimum atomic E-state index is -0.849. The first-order valence-electron chi connectivity index (χ1n) is 7.19. The van der Waals surface area contributed by atoms with E-state index < -0.39 is 17.4 Å². The van der Waals surface area contributed by atoms with Gasteiger partial charge in [0.2, 0.25) is 0 Å².